The second-order valence-corrected chi connectivity index (χ2v) is 8.69. The van der Waals surface area contributed by atoms with Crippen molar-refractivity contribution in [2.45, 2.75) is 23.8 Å². The van der Waals surface area contributed by atoms with E-state index in [2.05, 4.69) is 0 Å². The van der Waals surface area contributed by atoms with Gasteiger partial charge in [-0.25, -0.2) is 8.42 Å². The molecule has 3 rings (SSSR count). The van der Waals surface area contributed by atoms with Crippen molar-refractivity contribution in [3.8, 4) is 0 Å². The van der Waals surface area contributed by atoms with E-state index in [0.29, 0.717) is 19.1 Å². The second-order valence-electron chi connectivity index (χ2n) is 5.56. The molecule has 2 aliphatic rings. The van der Waals surface area contributed by atoms with Crippen LogP contribution in [0.3, 0.4) is 0 Å². The van der Waals surface area contributed by atoms with Crippen LogP contribution in [0.1, 0.15) is 12.8 Å². The van der Waals surface area contributed by atoms with Crippen molar-refractivity contribution in [3.63, 3.8) is 0 Å². The normalized spacial score (nSPS) is 26.8. The lowest BCUT2D eigenvalue weighted by Gasteiger charge is -2.34. The average Bonchev–Trinajstić information content (AvgIpc) is 2.90. The van der Waals surface area contributed by atoms with Gasteiger partial charge in [0.2, 0.25) is 10.0 Å². The molecule has 0 aliphatic carbocycles. The minimum atomic E-state index is -3.63. The fraction of sp³-hybridized carbons (Fsp3) is 0.538. The van der Waals surface area contributed by atoms with E-state index in [9.17, 15) is 8.42 Å². The van der Waals surface area contributed by atoms with Gasteiger partial charge >= 0.3 is 0 Å². The summed E-state index contributed by atoms with van der Waals surface area (Å²) in [6, 6.07) is 3.13. The molecule has 2 heterocycles. The molecule has 0 bridgehead atoms. The lowest BCUT2D eigenvalue weighted by molar-refractivity contribution is -0.916. The standard InChI is InChI=1S/C13H15Cl3N2O2S/c14-10-6-12(16)13(7-11(10)15)21(19,20)18-5-4-17-3-1-2-9(17)8-18/h6-7,9H,1-5,8H2/p+1/t9-/m1/s1. The highest BCUT2D eigenvalue weighted by Crippen LogP contribution is 2.33. The molecule has 0 aromatic heterocycles. The van der Waals surface area contributed by atoms with E-state index in [1.165, 1.54) is 27.8 Å². The predicted molar refractivity (Wildman–Crippen MR) is 83.9 cm³/mol. The number of sulfonamides is 1. The molecule has 2 atom stereocenters. The molecule has 1 N–H and O–H groups in total. The van der Waals surface area contributed by atoms with Crippen LogP contribution in [-0.4, -0.2) is 44.9 Å². The number of nitrogens with zero attached hydrogens (tertiary/aromatic N) is 1. The number of hydrogen-bond acceptors (Lipinski definition) is 2. The molecule has 8 heteroatoms. The largest absolute Gasteiger partial charge is 0.330 e. The van der Waals surface area contributed by atoms with Crippen molar-refractivity contribution in [3.05, 3.63) is 27.2 Å². The van der Waals surface area contributed by atoms with Gasteiger partial charge in [0.1, 0.15) is 10.9 Å². The van der Waals surface area contributed by atoms with Crippen LogP contribution in [0.2, 0.25) is 15.1 Å². The van der Waals surface area contributed by atoms with Crippen LogP contribution in [0.5, 0.6) is 0 Å². The molecule has 21 heavy (non-hydrogen) atoms. The molecule has 0 spiro atoms. The lowest BCUT2D eigenvalue weighted by atomic mass is 10.2. The zero-order valence-corrected chi connectivity index (χ0v) is 14.4. The summed E-state index contributed by atoms with van der Waals surface area (Å²) < 4.78 is 27.1. The third-order valence-corrected chi connectivity index (χ3v) is 7.38. The zero-order valence-electron chi connectivity index (χ0n) is 11.3. The number of halogens is 3. The van der Waals surface area contributed by atoms with Gasteiger partial charge < -0.3 is 4.90 Å². The fourth-order valence-electron chi connectivity index (χ4n) is 3.20. The molecule has 0 radical (unpaired) electrons. The molecule has 1 aromatic rings. The first-order valence-corrected chi connectivity index (χ1v) is 9.46. The van der Waals surface area contributed by atoms with Gasteiger partial charge in [0.15, 0.2) is 0 Å². The van der Waals surface area contributed by atoms with E-state index in [0.717, 1.165) is 19.5 Å². The van der Waals surface area contributed by atoms with Crippen molar-refractivity contribution in [2.24, 2.45) is 0 Å². The molecule has 0 saturated carbocycles. The maximum atomic E-state index is 12.8. The molecule has 2 fully saturated rings. The smallest absolute Gasteiger partial charge is 0.245 e. The molecule has 1 aromatic carbocycles. The predicted octanol–water partition coefficient (Wildman–Crippen LogP) is 1.70. The molecular formula is C13H16Cl3N2O2S+. The van der Waals surface area contributed by atoms with E-state index in [1.807, 2.05) is 0 Å². The van der Waals surface area contributed by atoms with E-state index in [-0.39, 0.29) is 20.0 Å². The average molecular weight is 371 g/mol. The first-order valence-electron chi connectivity index (χ1n) is 6.89. The van der Waals surface area contributed by atoms with Gasteiger partial charge in [0, 0.05) is 12.8 Å². The fourth-order valence-corrected chi connectivity index (χ4v) is 5.66. The Kier molecular flexibility index (Phi) is 4.43. The first kappa shape index (κ1) is 15.8. The molecule has 2 aliphatic heterocycles. The third kappa shape index (κ3) is 2.92. The van der Waals surface area contributed by atoms with Crippen molar-refractivity contribution in [1.82, 2.24) is 4.31 Å². The van der Waals surface area contributed by atoms with E-state index in [1.54, 1.807) is 0 Å². The summed E-state index contributed by atoms with van der Waals surface area (Å²) in [5, 5.41) is 0.570. The van der Waals surface area contributed by atoms with Crippen LogP contribution in [0.4, 0.5) is 0 Å². The molecule has 2 saturated heterocycles. The summed E-state index contributed by atoms with van der Waals surface area (Å²) in [6.07, 6.45) is 2.25. The second kappa shape index (κ2) is 5.87. The number of piperazine rings is 1. The van der Waals surface area contributed by atoms with Crippen molar-refractivity contribution in [1.29, 1.82) is 0 Å². The van der Waals surface area contributed by atoms with Crippen LogP contribution in [0.25, 0.3) is 0 Å². The maximum absolute atomic E-state index is 12.8. The van der Waals surface area contributed by atoms with Crippen LogP contribution >= 0.6 is 34.8 Å². The Balaban J connectivity index is 1.92. The van der Waals surface area contributed by atoms with Gasteiger partial charge in [-0.2, -0.15) is 4.31 Å². The quantitative estimate of drug-likeness (QED) is 0.805. The van der Waals surface area contributed by atoms with Crippen LogP contribution in [0, 0.1) is 0 Å². The summed E-state index contributed by atoms with van der Waals surface area (Å²) in [6.45, 7) is 3.06. The highest BCUT2D eigenvalue weighted by molar-refractivity contribution is 7.89. The Morgan fingerprint density at radius 2 is 1.81 bits per heavy atom. The van der Waals surface area contributed by atoms with Crippen LogP contribution in [-0.2, 0) is 10.0 Å². The van der Waals surface area contributed by atoms with Crippen molar-refractivity contribution < 1.29 is 13.3 Å². The van der Waals surface area contributed by atoms with E-state index < -0.39 is 10.0 Å². The van der Waals surface area contributed by atoms with Gasteiger partial charge in [-0.1, -0.05) is 34.8 Å². The molecule has 4 nitrogen and oxygen atoms in total. The van der Waals surface area contributed by atoms with Gasteiger partial charge in [-0.15, -0.1) is 0 Å². The van der Waals surface area contributed by atoms with Gasteiger partial charge in [0.25, 0.3) is 0 Å². The van der Waals surface area contributed by atoms with Crippen LogP contribution < -0.4 is 4.90 Å². The minimum Gasteiger partial charge on any atom is -0.330 e. The summed E-state index contributed by atoms with van der Waals surface area (Å²) >= 11 is 17.9. The molecule has 0 amide bonds. The Labute approximate surface area is 139 Å². The Morgan fingerprint density at radius 1 is 1.10 bits per heavy atom. The van der Waals surface area contributed by atoms with Crippen LogP contribution in [0.15, 0.2) is 17.0 Å². The highest BCUT2D eigenvalue weighted by Gasteiger charge is 2.39. The van der Waals surface area contributed by atoms with Gasteiger partial charge in [0.05, 0.1) is 41.2 Å². The molecule has 1 unspecified atom stereocenters. The van der Waals surface area contributed by atoms with Crippen molar-refractivity contribution in [2.75, 3.05) is 26.2 Å². The lowest BCUT2D eigenvalue weighted by Crippen LogP contribution is -3.16. The maximum Gasteiger partial charge on any atom is 0.245 e. The number of hydrogen-bond donors (Lipinski definition) is 1. The Morgan fingerprint density at radius 3 is 2.57 bits per heavy atom. The SMILES string of the molecule is O=S(=O)(c1cc(Cl)c(Cl)cc1Cl)N1CC[NH+]2CCC[C@@H]2C1. The molecular weight excluding hydrogens is 355 g/mol. The summed E-state index contributed by atoms with van der Waals surface area (Å²) in [5.41, 5.74) is 0. The zero-order chi connectivity index (χ0) is 15.2. The summed E-state index contributed by atoms with van der Waals surface area (Å²) in [5.74, 6) is 0. The molecule has 116 valence electrons. The Hall–Kier alpha value is -0.0400. The minimum absolute atomic E-state index is 0.0417. The number of nitrogens with one attached hydrogen (secondary N) is 1. The summed E-state index contributed by atoms with van der Waals surface area (Å²) in [4.78, 5) is 1.56. The van der Waals surface area contributed by atoms with E-state index in [4.69, 9.17) is 34.8 Å². The monoisotopic (exact) mass is 369 g/mol. The van der Waals surface area contributed by atoms with Crippen molar-refractivity contribution >= 4 is 44.8 Å². The number of benzene rings is 1. The van der Waals surface area contributed by atoms with Gasteiger partial charge in [-0.05, 0) is 12.1 Å². The topological polar surface area (TPSA) is 41.8 Å². The van der Waals surface area contributed by atoms with Gasteiger partial charge in [-0.3, -0.25) is 0 Å². The highest BCUT2D eigenvalue weighted by atomic mass is 35.5. The van der Waals surface area contributed by atoms with E-state index >= 15 is 0 Å². The summed E-state index contributed by atoms with van der Waals surface area (Å²) in [7, 11) is -3.63. The first-order chi connectivity index (χ1) is 9.89. The number of rotatable bonds is 2. The third-order valence-electron chi connectivity index (χ3n) is 4.33. The number of fused-ring (bicyclic) bond motifs is 1. The Bertz CT molecular complexity index is 666. The number of quaternary nitrogens is 1.